The van der Waals surface area contributed by atoms with Crippen LogP contribution in [-0.2, 0) is 6.42 Å². The lowest BCUT2D eigenvalue weighted by Gasteiger charge is -2.11. The van der Waals surface area contributed by atoms with E-state index >= 15 is 0 Å². The van der Waals surface area contributed by atoms with Gasteiger partial charge in [0.05, 0.1) is 0 Å². The number of phenolic OH excluding ortho intramolecular Hbond substituents is 2. The lowest BCUT2D eigenvalue weighted by atomic mass is 9.94. The molecule has 2 aromatic rings. The SMILES string of the molecule is CC1Cc2cc(O)c(O)cc2Sc2ccccc21. The quantitative estimate of drug-likeness (QED) is 0.704. The van der Waals surface area contributed by atoms with E-state index in [4.69, 9.17) is 0 Å². The second-order valence-corrected chi connectivity index (χ2v) is 5.78. The highest BCUT2D eigenvalue weighted by Gasteiger charge is 2.20. The maximum atomic E-state index is 9.62. The van der Waals surface area contributed by atoms with Gasteiger partial charge in [-0.25, -0.2) is 0 Å². The Kier molecular flexibility index (Phi) is 2.71. The highest BCUT2D eigenvalue weighted by Crippen LogP contribution is 2.44. The van der Waals surface area contributed by atoms with Crippen molar-refractivity contribution >= 4 is 11.8 Å². The van der Waals surface area contributed by atoms with Crippen molar-refractivity contribution in [3.8, 4) is 11.5 Å². The predicted octanol–water partition coefficient (Wildman–Crippen LogP) is 3.91. The molecule has 0 saturated carbocycles. The summed E-state index contributed by atoms with van der Waals surface area (Å²) in [7, 11) is 0. The molecule has 1 atom stereocenters. The van der Waals surface area contributed by atoms with E-state index in [2.05, 4.69) is 25.1 Å². The van der Waals surface area contributed by atoms with Gasteiger partial charge in [-0.2, -0.15) is 0 Å². The summed E-state index contributed by atoms with van der Waals surface area (Å²) in [4.78, 5) is 2.26. The molecule has 3 rings (SSSR count). The van der Waals surface area contributed by atoms with Crippen molar-refractivity contribution in [3.63, 3.8) is 0 Å². The first kappa shape index (κ1) is 11.5. The normalized spacial score (nSPS) is 17.7. The number of rotatable bonds is 0. The number of phenols is 2. The molecule has 92 valence electrons. The van der Waals surface area contributed by atoms with E-state index in [1.165, 1.54) is 10.5 Å². The number of fused-ring (bicyclic) bond motifs is 2. The Morgan fingerprint density at radius 2 is 1.78 bits per heavy atom. The third-order valence-electron chi connectivity index (χ3n) is 3.35. The topological polar surface area (TPSA) is 40.5 Å². The summed E-state index contributed by atoms with van der Waals surface area (Å²) in [5.74, 6) is 0.333. The molecule has 0 aliphatic carbocycles. The van der Waals surface area contributed by atoms with Crippen LogP contribution < -0.4 is 0 Å². The average Bonchev–Trinajstić information content (AvgIpc) is 2.48. The maximum absolute atomic E-state index is 9.62. The molecule has 0 fully saturated rings. The largest absolute Gasteiger partial charge is 0.504 e. The van der Waals surface area contributed by atoms with Gasteiger partial charge < -0.3 is 10.2 Å². The van der Waals surface area contributed by atoms with Gasteiger partial charge in [0, 0.05) is 9.79 Å². The van der Waals surface area contributed by atoms with Crippen LogP contribution in [0.2, 0.25) is 0 Å². The Morgan fingerprint density at radius 1 is 1.06 bits per heavy atom. The smallest absolute Gasteiger partial charge is 0.158 e. The van der Waals surface area contributed by atoms with Crippen molar-refractivity contribution in [2.45, 2.75) is 29.1 Å². The molecule has 0 spiro atoms. The molecule has 2 aromatic carbocycles. The summed E-state index contributed by atoms with van der Waals surface area (Å²) >= 11 is 1.66. The van der Waals surface area contributed by atoms with Crippen LogP contribution in [0.4, 0.5) is 0 Å². The van der Waals surface area contributed by atoms with Gasteiger partial charge in [-0.1, -0.05) is 36.9 Å². The Labute approximate surface area is 110 Å². The summed E-state index contributed by atoms with van der Waals surface area (Å²) in [5, 5.41) is 19.2. The van der Waals surface area contributed by atoms with Crippen LogP contribution in [-0.4, -0.2) is 10.2 Å². The number of hydrogen-bond acceptors (Lipinski definition) is 3. The van der Waals surface area contributed by atoms with Crippen molar-refractivity contribution in [2.75, 3.05) is 0 Å². The second kappa shape index (κ2) is 4.25. The summed E-state index contributed by atoms with van der Waals surface area (Å²) < 4.78 is 0. The summed E-state index contributed by atoms with van der Waals surface area (Å²) in [6.07, 6.45) is 0.882. The molecule has 3 heteroatoms. The summed E-state index contributed by atoms with van der Waals surface area (Å²) in [5.41, 5.74) is 2.43. The predicted molar refractivity (Wildman–Crippen MR) is 72.5 cm³/mol. The fourth-order valence-corrected chi connectivity index (χ4v) is 3.61. The van der Waals surface area contributed by atoms with E-state index in [0.717, 1.165) is 16.9 Å². The minimum atomic E-state index is -0.0479. The van der Waals surface area contributed by atoms with Gasteiger partial charge in [0.2, 0.25) is 0 Å². The first-order valence-electron chi connectivity index (χ1n) is 5.97. The molecular weight excluding hydrogens is 244 g/mol. The zero-order chi connectivity index (χ0) is 12.7. The molecule has 1 heterocycles. The molecule has 0 saturated heterocycles. The van der Waals surface area contributed by atoms with E-state index in [-0.39, 0.29) is 11.5 Å². The highest BCUT2D eigenvalue weighted by molar-refractivity contribution is 7.99. The third kappa shape index (κ3) is 1.85. The minimum Gasteiger partial charge on any atom is -0.504 e. The van der Waals surface area contributed by atoms with Gasteiger partial charge in [-0.3, -0.25) is 0 Å². The maximum Gasteiger partial charge on any atom is 0.158 e. The molecule has 2 nitrogen and oxygen atoms in total. The van der Waals surface area contributed by atoms with E-state index in [0.29, 0.717) is 5.92 Å². The second-order valence-electron chi connectivity index (χ2n) is 4.69. The van der Waals surface area contributed by atoms with Crippen molar-refractivity contribution in [2.24, 2.45) is 0 Å². The molecule has 0 amide bonds. The third-order valence-corrected chi connectivity index (χ3v) is 4.55. The fraction of sp³-hybridized carbons (Fsp3) is 0.200. The zero-order valence-corrected chi connectivity index (χ0v) is 10.9. The minimum absolute atomic E-state index is 0.0347. The highest BCUT2D eigenvalue weighted by atomic mass is 32.2. The molecule has 1 aliphatic rings. The summed E-state index contributed by atoms with van der Waals surface area (Å²) in [6.45, 7) is 2.19. The monoisotopic (exact) mass is 258 g/mol. The van der Waals surface area contributed by atoms with Gasteiger partial charge in [-0.15, -0.1) is 0 Å². The molecule has 18 heavy (non-hydrogen) atoms. The van der Waals surface area contributed by atoms with Crippen LogP contribution in [0.5, 0.6) is 11.5 Å². The molecule has 0 bridgehead atoms. The Hall–Kier alpha value is -1.61. The van der Waals surface area contributed by atoms with Gasteiger partial charge in [-0.05, 0) is 41.7 Å². The van der Waals surface area contributed by atoms with Crippen molar-refractivity contribution in [1.29, 1.82) is 0 Å². The van der Waals surface area contributed by atoms with Crippen LogP contribution in [0, 0.1) is 0 Å². The zero-order valence-electron chi connectivity index (χ0n) is 10.1. The van der Waals surface area contributed by atoms with E-state index in [1.807, 2.05) is 6.07 Å². The lowest BCUT2D eigenvalue weighted by Crippen LogP contribution is -1.97. The number of aromatic hydroxyl groups is 2. The van der Waals surface area contributed by atoms with Crippen molar-refractivity contribution in [3.05, 3.63) is 47.5 Å². The molecule has 0 aromatic heterocycles. The number of benzene rings is 2. The van der Waals surface area contributed by atoms with Crippen molar-refractivity contribution < 1.29 is 10.2 Å². The van der Waals surface area contributed by atoms with Crippen LogP contribution in [0.3, 0.4) is 0 Å². The van der Waals surface area contributed by atoms with E-state index in [1.54, 1.807) is 23.9 Å². The molecular formula is C15H14O2S. The Morgan fingerprint density at radius 3 is 2.61 bits per heavy atom. The number of hydrogen-bond donors (Lipinski definition) is 2. The first-order chi connectivity index (χ1) is 8.65. The van der Waals surface area contributed by atoms with Crippen molar-refractivity contribution in [1.82, 2.24) is 0 Å². The first-order valence-corrected chi connectivity index (χ1v) is 6.78. The Balaban J connectivity index is 2.15. The van der Waals surface area contributed by atoms with Crippen LogP contribution in [0.1, 0.15) is 24.0 Å². The van der Waals surface area contributed by atoms with Gasteiger partial charge in [0.25, 0.3) is 0 Å². The molecule has 1 aliphatic heterocycles. The van der Waals surface area contributed by atoms with Crippen LogP contribution in [0.25, 0.3) is 0 Å². The van der Waals surface area contributed by atoms with Gasteiger partial charge in [0.1, 0.15) is 0 Å². The Bertz CT molecular complexity index is 607. The average molecular weight is 258 g/mol. The summed E-state index contributed by atoms with van der Waals surface area (Å²) in [6, 6.07) is 11.7. The van der Waals surface area contributed by atoms with E-state index in [9.17, 15) is 10.2 Å². The van der Waals surface area contributed by atoms with Gasteiger partial charge in [0.15, 0.2) is 11.5 Å². The lowest BCUT2D eigenvalue weighted by molar-refractivity contribution is 0.401. The fourth-order valence-electron chi connectivity index (χ4n) is 2.39. The van der Waals surface area contributed by atoms with Crippen LogP contribution >= 0.6 is 11.8 Å². The molecule has 1 unspecified atom stereocenters. The molecule has 0 radical (unpaired) electrons. The van der Waals surface area contributed by atoms with E-state index < -0.39 is 0 Å². The van der Waals surface area contributed by atoms with Crippen LogP contribution in [0.15, 0.2) is 46.2 Å². The molecule has 2 N–H and O–H groups in total. The van der Waals surface area contributed by atoms with Gasteiger partial charge >= 0.3 is 0 Å². The standard InChI is InChI=1S/C15H14O2S/c1-9-6-10-7-12(16)13(17)8-15(10)18-14-5-3-2-4-11(9)14/h2-5,7-9,16-17H,6H2,1H3.